The van der Waals surface area contributed by atoms with E-state index in [1.165, 1.54) is 18.7 Å². The number of aryl methyl sites for hydroxylation is 2. The van der Waals surface area contributed by atoms with Gasteiger partial charge in [-0.2, -0.15) is 0 Å². The van der Waals surface area contributed by atoms with E-state index in [0.29, 0.717) is 28.5 Å². The predicted octanol–water partition coefficient (Wildman–Crippen LogP) is 3.58. The molecule has 2 aromatic heterocycles. The van der Waals surface area contributed by atoms with Gasteiger partial charge in [0.1, 0.15) is 17.1 Å². The van der Waals surface area contributed by atoms with Crippen LogP contribution in [0.2, 0.25) is 0 Å². The van der Waals surface area contributed by atoms with Gasteiger partial charge in [-0.25, -0.2) is 9.50 Å². The average Bonchev–Trinajstić information content (AvgIpc) is 3.10. The first-order valence-corrected chi connectivity index (χ1v) is 9.64. The van der Waals surface area contributed by atoms with Gasteiger partial charge in [-0.3, -0.25) is 14.7 Å². The van der Waals surface area contributed by atoms with Crippen LogP contribution in [0.4, 0.5) is 5.69 Å². The zero-order valence-corrected chi connectivity index (χ0v) is 17.6. The number of amides is 1. The number of nitrogens with one attached hydrogen (secondary N) is 2. The highest BCUT2D eigenvalue weighted by atomic mass is 16.5. The number of rotatable bonds is 5. The molecule has 8 nitrogen and oxygen atoms in total. The highest BCUT2D eigenvalue weighted by Crippen LogP contribution is 2.28. The van der Waals surface area contributed by atoms with Crippen molar-refractivity contribution in [3.8, 4) is 22.6 Å². The molecule has 2 heterocycles. The van der Waals surface area contributed by atoms with Crippen LogP contribution in [0, 0.1) is 13.8 Å². The van der Waals surface area contributed by atoms with Gasteiger partial charge in [0.25, 0.3) is 11.5 Å². The summed E-state index contributed by atoms with van der Waals surface area (Å²) in [6, 6.07) is 14.7. The van der Waals surface area contributed by atoms with Crippen LogP contribution in [-0.2, 0) is 0 Å². The highest BCUT2D eigenvalue weighted by molar-refractivity contribution is 6.05. The number of aromatic nitrogens is 3. The van der Waals surface area contributed by atoms with E-state index < -0.39 is 11.5 Å². The van der Waals surface area contributed by atoms with Crippen molar-refractivity contribution in [2.45, 2.75) is 13.8 Å². The van der Waals surface area contributed by atoms with Gasteiger partial charge in [0.15, 0.2) is 5.65 Å². The first-order chi connectivity index (χ1) is 14.9. The number of anilines is 1. The van der Waals surface area contributed by atoms with E-state index in [9.17, 15) is 9.59 Å². The maximum absolute atomic E-state index is 13.2. The molecule has 0 saturated carbocycles. The molecule has 4 aromatic rings. The number of carbonyl (C=O) groups is 1. The zero-order chi connectivity index (χ0) is 22.1. The van der Waals surface area contributed by atoms with E-state index in [1.807, 2.05) is 37.3 Å². The lowest BCUT2D eigenvalue weighted by molar-refractivity contribution is 0.102. The van der Waals surface area contributed by atoms with Crippen molar-refractivity contribution in [1.82, 2.24) is 14.6 Å². The first kappa shape index (κ1) is 20.2. The molecule has 0 spiro atoms. The Morgan fingerprint density at radius 2 is 1.68 bits per heavy atom. The molecule has 4 rings (SSSR count). The summed E-state index contributed by atoms with van der Waals surface area (Å²) in [6.45, 7) is 3.52. The van der Waals surface area contributed by atoms with Crippen molar-refractivity contribution in [2.24, 2.45) is 0 Å². The number of nitrogens with zero attached hydrogens (tertiary/aromatic N) is 2. The summed E-state index contributed by atoms with van der Waals surface area (Å²) in [5.41, 5.74) is 3.29. The van der Waals surface area contributed by atoms with E-state index in [0.717, 1.165) is 16.8 Å². The number of hydrogen-bond donors (Lipinski definition) is 2. The van der Waals surface area contributed by atoms with E-state index >= 15 is 0 Å². The van der Waals surface area contributed by atoms with E-state index in [4.69, 9.17) is 9.47 Å². The molecule has 8 heteroatoms. The molecule has 0 saturated heterocycles. The van der Waals surface area contributed by atoms with Gasteiger partial charge in [-0.15, -0.1) is 0 Å². The normalized spacial score (nSPS) is 10.8. The molecule has 2 aromatic carbocycles. The van der Waals surface area contributed by atoms with Crippen molar-refractivity contribution in [3.63, 3.8) is 0 Å². The highest BCUT2D eigenvalue weighted by Gasteiger charge is 2.22. The van der Waals surface area contributed by atoms with Crippen molar-refractivity contribution < 1.29 is 14.3 Å². The molecule has 1 amide bonds. The van der Waals surface area contributed by atoms with Crippen LogP contribution in [0.5, 0.6) is 11.5 Å². The summed E-state index contributed by atoms with van der Waals surface area (Å²) in [5.74, 6) is 0.474. The van der Waals surface area contributed by atoms with Crippen molar-refractivity contribution in [2.75, 3.05) is 19.5 Å². The molecule has 31 heavy (non-hydrogen) atoms. The van der Waals surface area contributed by atoms with Gasteiger partial charge in [0.2, 0.25) is 0 Å². The fraction of sp³-hybridized carbons (Fsp3) is 0.174. The number of hydrogen-bond acceptors (Lipinski definition) is 5. The molecule has 0 atom stereocenters. The SMILES string of the molecule is COc1cc(NC(=O)c2c(C)nc3c(-c4ccccc4)c(C)[nH]n3c2=O)cc(OC)c1. The predicted molar refractivity (Wildman–Crippen MR) is 118 cm³/mol. The molecular weight excluding hydrogens is 396 g/mol. The van der Waals surface area contributed by atoms with Gasteiger partial charge in [0, 0.05) is 35.1 Å². The summed E-state index contributed by atoms with van der Waals surface area (Å²) >= 11 is 0. The molecule has 0 radical (unpaired) electrons. The van der Waals surface area contributed by atoms with Crippen LogP contribution >= 0.6 is 0 Å². The Morgan fingerprint density at radius 1 is 1.03 bits per heavy atom. The van der Waals surface area contributed by atoms with Gasteiger partial charge in [-0.05, 0) is 19.4 Å². The summed E-state index contributed by atoms with van der Waals surface area (Å²) in [5, 5.41) is 5.78. The molecule has 0 fully saturated rings. The number of H-pyrrole nitrogens is 1. The van der Waals surface area contributed by atoms with Gasteiger partial charge >= 0.3 is 0 Å². The second kappa shape index (κ2) is 7.98. The number of benzene rings is 2. The second-order valence-electron chi connectivity index (χ2n) is 7.07. The molecule has 158 valence electrons. The van der Waals surface area contributed by atoms with Crippen LogP contribution in [0.25, 0.3) is 16.8 Å². The van der Waals surface area contributed by atoms with E-state index in [2.05, 4.69) is 15.4 Å². The molecule has 0 bridgehead atoms. The van der Waals surface area contributed by atoms with Gasteiger partial charge in [-0.1, -0.05) is 30.3 Å². The number of ether oxygens (including phenoxy) is 2. The lowest BCUT2D eigenvalue weighted by Crippen LogP contribution is -2.29. The topological polar surface area (TPSA) is 97.7 Å². The van der Waals surface area contributed by atoms with Crippen LogP contribution in [0.15, 0.2) is 53.3 Å². The Kier molecular flexibility index (Phi) is 5.21. The minimum Gasteiger partial charge on any atom is -0.497 e. The van der Waals surface area contributed by atoms with Crippen LogP contribution in [-0.4, -0.2) is 34.7 Å². The lowest BCUT2D eigenvalue weighted by atomic mass is 10.1. The molecule has 0 aliphatic rings. The maximum atomic E-state index is 13.2. The second-order valence-corrected chi connectivity index (χ2v) is 7.07. The summed E-state index contributed by atoms with van der Waals surface area (Å²) in [6.07, 6.45) is 0. The van der Waals surface area contributed by atoms with Gasteiger partial charge in [0.05, 0.1) is 19.9 Å². The third-order valence-electron chi connectivity index (χ3n) is 5.04. The summed E-state index contributed by atoms with van der Waals surface area (Å²) in [4.78, 5) is 30.8. The monoisotopic (exact) mass is 418 g/mol. The third-order valence-corrected chi connectivity index (χ3v) is 5.04. The standard InChI is InChI=1S/C23H22N4O4/c1-13-20(22(28)25-16-10-17(30-3)12-18(11-16)31-4)23(29)27-21(24-13)19(14(2)26-27)15-8-6-5-7-9-15/h5-12,26H,1-4H3,(H,25,28). The molecule has 0 aliphatic carbocycles. The van der Waals surface area contributed by atoms with E-state index in [1.54, 1.807) is 25.1 Å². The number of carbonyl (C=O) groups excluding carboxylic acids is 1. The summed E-state index contributed by atoms with van der Waals surface area (Å²) in [7, 11) is 3.04. The first-order valence-electron chi connectivity index (χ1n) is 9.64. The maximum Gasteiger partial charge on any atom is 0.285 e. The minimum absolute atomic E-state index is 0.0415. The van der Waals surface area contributed by atoms with Crippen molar-refractivity contribution in [1.29, 1.82) is 0 Å². The zero-order valence-electron chi connectivity index (χ0n) is 17.6. The number of fused-ring (bicyclic) bond motifs is 1. The molecule has 0 aliphatic heterocycles. The van der Waals surface area contributed by atoms with Crippen molar-refractivity contribution in [3.05, 3.63) is 75.8 Å². The fourth-order valence-corrected chi connectivity index (χ4v) is 3.58. The smallest absolute Gasteiger partial charge is 0.285 e. The lowest BCUT2D eigenvalue weighted by Gasteiger charge is -2.11. The molecular formula is C23H22N4O4. The van der Waals surface area contributed by atoms with Crippen LogP contribution in [0.3, 0.4) is 0 Å². The van der Waals surface area contributed by atoms with Crippen LogP contribution in [0.1, 0.15) is 21.7 Å². The molecule has 0 unspecified atom stereocenters. The Morgan fingerprint density at radius 3 is 2.29 bits per heavy atom. The van der Waals surface area contributed by atoms with Crippen molar-refractivity contribution >= 4 is 17.2 Å². The van der Waals surface area contributed by atoms with Crippen LogP contribution < -0.4 is 20.3 Å². The Bertz CT molecular complexity index is 1320. The minimum atomic E-state index is -0.562. The number of methoxy groups -OCH3 is 2. The Hall–Kier alpha value is -4.07. The average molecular weight is 418 g/mol. The fourth-order valence-electron chi connectivity index (χ4n) is 3.58. The third kappa shape index (κ3) is 3.63. The number of aromatic amines is 1. The Labute approximate surface area is 178 Å². The van der Waals surface area contributed by atoms with E-state index in [-0.39, 0.29) is 5.56 Å². The summed E-state index contributed by atoms with van der Waals surface area (Å²) < 4.78 is 11.8. The quantitative estimate of drug-likeness (QED) is 0.516. The molecule has 2 N–H and O–H groups in total. The largest absolute Gasteiger partial charge is 0.497 e. The Balaban J connectivity index is 1.79. The van der Waals surface area contributed by atoms with Gasteiger partial charge < -0.3 is 14.8 Å².